The minimum absolute atomic E-state index is 0.104. The molecule has 3 rings (SSSR count). The molecular weight excluding hydrogens is 270 g/mol. The number of hydrogen-bond acceptors (Lipinski definition) is 4. The zero-order chi connectivity index (χ0) is 14.5. The second-order valence-electron chi connectivity index (χ2n) is 5.10. The Kier molecular flexibility index (Phi) is 4.47. The summed E-state index contributed by atoms with van der Waals surface area (Å²) in [6, 6.07) is 5.39. The molecule has 1 aromatic carbocycles. The Labute approximate surface area is 122 Å². The van der Waals surface area contributed by atoms with Gasteiger partial charge < -0.3 is 19.8 Å². The molecule has 0 unspecified atom stereocenters. The molecular formula is C15H19N3O3. The van der Waals surface area contributed by atoms with Crippen molar-refractivity contribution in [1.82, 2.24) is 15.3 Å². The van der Waals surface area contributed by atoms with Gasteiger partial charge in [-0.25, -0.2) is 4.98 Å². The number of amides is 1. The molecule has 1 atom stereocenters. The number of rotatable bonds is 6. The first-order valence-electron chi connectivity index (χ1n) is 7.23. The monoisotopic (exact) mass is 289 g/mol. The molecule has 0 bridgehead atoms. The summed E-state index contributed by atoms with van der Waals surface area (Å²) in [6.07, 6.45) is 4.02. The number of carbonyl (C=O) groups excluding carboxylic acids is 1. The fourth-order valence-electron chi connectivity index (χ4n) is 2.41. The van der Waals surface area contributed by atoms with Gasteiger partial charge in [0.2, 0.25) is 0 Å². The molecule has 2 aromatic rings. The van der Waals surface area contributed by atoms with Gasteiger partial charge in [0.1, 0.15) is 0 Å². The third kappa shape index (κ3) is 3.59. The van der Waals surface area contributed by atoms with Gasteiger partial charge in [0, 0.05) is 18.7 Å². The highest BCUT2D eigenvalue weighted by Gasteiger charge is 2.15. The van der Waals surface area contributed by atoms with Crippen LogP contribution in [0, 0.1) is 0 Å². The van der Waals surface area contributed by atoms with E-state index in [2.05, 4.69) is 15.3 Å². The van der Waals surface area contributed by atoms with Crippen LogP contribution in [0.4, 0.5) is 0 Å². The van der Waals surface area contributed by atoms with E-state index < -0.39 is 0 Å². The average molecular weight is 289 g/mol. The third-order valence-corrected chi connectivity index (χ3v) is 3.54. The molecule has 0 spiro atoms. The Morgan fingerprint density at radius 2 is 2.48 bits per heavy atom. The Hall–Kier alpha value is -1.92. The van der Waals surface area contributed by atoms with Gasteiger partial charge >= 0.3 is 0 Å². The Morgan fingerprint density at radius 3 is 3.33 bits per heavy atom. The zero-order valence-corrected chi connectivity index (χ0v) is 11.8. The molecule has 2 N–H and O–H groups in total. The number of nitrogens with one attached hydrogen (secondary N) is 2. The highest BCUT2D eigenvalue weighted by Crippen LogP contribution is 2.12. The number of nitrogens with zero attached hydrogens (tertiary/aromatic N) is 1. The van der Waals surface area contributed by atoms with Gasteiger partial charge in [-0.2, -0.15) is 0 Å². The van der Waals surface area contributed by atoms with Crippen LogP contribution in [0.15, 0.2) is 24.5 Å². The first-order chi connectivity index (χ1) is 10.3. The predicted molar refractivity (Wildman–Crippen MR) is 78.2 cm³/mol. The summed E-state index contributed by atoms with van der Waals surface area (Å²) in [4.78, 5) is 19.1. The standard InChI is InChI=1S/C15H19N3O3/c19-15(11-3-4-13-14(8-11)18-10-17-13)16-5-7-20-9-12-2-1-6-21-12/h3-4,8,10,12H,1-2,5-7,9H2,(H,16,19)(H,17,18)/t12-/m1/s1. The first-order valence-corrected chi connectivity index (χ1v) is 7.23. The van der Waals surface area contributed by atoms with E-state index in [-0.39, 0.29) is 12.0 Å². The summed E-state index contributed by atoms with van der Waals surface area (Å²) < 4.78 is 11.0. The Bertz CT molecular complexity index is 605. The van der Waals surface area contributed by atoms with E-state index in [1.54, 1.807) is 18.5 Å². The third-order valence-electron chi connectivity index (χ3n) is 3.54. The van der Waals surface area contributed by atoms with Crippen molar-refractivity contribution < 1.29 is 14.3 Å². The van der Waals surface area contributed by atoms with E-state index >= 15 is 0 Å². The fraction of sp³-hybridized carbons (Fsp3) is 0.467. The van der Waals surface area contributed by atoms with Gasteiger partial charge in [-0.15, -0.1) is 0 Å². The van der Waals surface area contributed by atoms with E-state index in [1.807, 2.05) is 6.07 Å². The maximum atomic E-state index is 12.0. The second-order valence-corrected chi connectivity index (χ2v) is 5.10. The van der Waals surface area contributed by atoms with Crippen LogP contribution in [0.1, 0.15) is 23.2 Å². The number of imidazole rings is 1. The van der Waals surface area contributed by atoms with Gasteiger partial charge in [0.25, 0.3) is 5.91 Å². The summed E-state index contributed by atoms with van der Waals surface area (Å²) in [5.74, 6) is -0.104. The average Bonchev–Trinajstić information content (AvgIpc) is 3.17. The summed E-state index contributed by atoms with van der Waals surface area (Å²) in [5.41, 5.74) is 2.33. The van der Waals surface area contributed by atoms with E-state index in [9.17, 15) is 4.79 Å². The lowest BCUT2D eigenvalue weighted by molar-refractivity contribution is 0.0183. The largest absolute Gasteiger partial charge is 0.377 e. The predicted octanol–water partition coefficient (Wildman–Crippen LogP) is 1.49. The van der Waals surface area contributed by atoms with Crippen molar-refractivity contribution in [1.29, 1.82) is 0 Å². The molecule has 0 aliphatic carbocycles. The van der Waals surface area contributed by atoms with Gasteiger partial charge in [-0.05, 0) is 31.0 Å². The molecule has 1 aromatic heterocycles. The number of carbonyl (C=O) groups is 1. The van der Waals surface area contributed by atoms with Crippen LogP contribution in [0.2, 0.25) is 0 Å². The van der Waals surface area contributed by atoms with Crippen molar-refractivity contribution in [2.45, 2.75) is 18.9 Å². The van der Waals surface area contributed by atoms with E-state index in [1.165, 1.54) is 0 Å². The molecule has 0 radical (unpaired) electrons. The summed E-state index contributed by atoms with van der Waals surface area (Å²) in [5, 5.41) is 2.84. The number of aromatic amines is 1. The molecule has 6 nitrogen and oxygen atoms in total. The topological polar surface area (TPSA) is 76.2 Å². The van der Waals surface area contributed by atoms with E-state index in [0.29, 0.717) is 25.3 Å². The lowest BCUT2D eigenvalue weighted by atomic mass is 10.2. The first kappa shape index (κ1) is 14.0. The lowest BCUT2D eigenvalue weighted by Gasteiger charge is -2.10. The Balaban J connectivity index is 1.41. The van der Waals surface area contributed by atoms with Crippen LogP contribution < -0.4 is 5.32 Å². The van der Waals surface area contributed by atoms with Crippen LogP contribution in [-0.2, 0) is 9.47 Å². The maximum Gasteiger partial charge on any atom is 0.251 e. The van der Waals surface area contributed by atoms with Gasteiger partial charge in [-0.1, -0.05) is 0 Å². The number of H-pyrrole nitrogens is 1. The summed E-state index contributed by atoms with van der Waals surface area (Å²) in [6.45, 7) is 2.43. The smallest absolute Gasteiger partial charge is 0.251 e. The number of benzene rings is 1. The lowest BCUT2D eigenvalue weighted by Crippen LogP contribution is -2.28. The van der Waals surface area contributed by atoms with Gasteiger partial charge in [-0.3, -0.25) is 4.79 Å². The second kappa shape index (κ2) is 6.69. The van der Waals surface area contributed by atoms with Gasteiger partial charge in [0.05, 0.1) is 36.7 Å². The zero-order valence-electron chi connectivity index (χ0n) is 11.8. The molecule has 1 aliphatic rings. The molecule has 21 heavy (non-hydrogen) atoms. The highest BCUT2D eigenvalue weighted by molar-refractivity contribution is 5.97. The number of hydrogen-bond donors (Lipinski definition) is 2. The molecule has 6 heteroatoms. The number of fused-ring (bicyclic) bond motifs is 1. The van der Waals surface area contributed by atoms with Crippen molar-refractivity contribution in [3.8, 4) is 0 Å². The molecule has 0 saturated carbocycles. The van der Waals surface area contributed by atoms with Crippen molar-refractivity contribution in [3.05, 3.63) is 30.1 Å². The molecule has 112 valence electrons. The SMILES string of the molecule is O=C(NCCOC[C@H]1CCCO1)c1ccc2nc[nH]c2c1. The van der Waals surface area contributed by atoms with Crippen LogP contribution in [0.3, 0.4) is 0 Å². The highest BCUT2D eigenvalue weighted by atomic mass is 16.5. The van der Waals surface area contributed by atoms with Crippen LogP contribution in [0.25, 0.3) is 11.0 Å². The van der Waals surface area contributed by atoms with E-state index in [4.69, 9.17) is 9.47 Å². The van der Waals surface area contributed by atoms with Crippen LogP contribution >= 0.6 is 0 Å². The summed E-state index contributed by atoms with van der Waals surface area (Å²) >= 11 is 0. The summed E-state index contributed by atoms with van der Waals surface area (Å²) in [7, 11) is 0. The normalized spacial score (nSPS) is 18.2. The van der Waals surface area contributed by atoms with E-state index in [0.717, 1.165) is 30.5 Å². The molecule has 2 heterocycles. The molecule has 1 fully saturated rings. The maximum absolute atomic E-state index is 12.0. The Morgan fingerprint density at radius 1 is 1.52 bits per heavy atom. The number of ether oxygens (including phenoxy) is 2. The van der Waals surface area contributed by atoms with Crippen molar-refractivity contribution >= 4 is 16.9 Å². The van der Waals surface area contributed by atoms with Gasteiger partial charge in [0.15, 0.2) is 0 Å². The van der Waals surface area contributed by atoms with Crippen molar-refractivity contribution in [2.24, 2.45) is 0 Å². The van der Waals surface area contributed by atoms with Crippen LogP contribution in [-0.4, -0.2) is 48.3 Å². The van der Waals surface area contributed by atoms with Crippen molar-refractivity contribution in [2.75, 3.05) is 26.4 Å². The minimum atomic E-state index is -0.104. The number of aromatic nitrogens is 2. The quantitative estimate of drug-likeness (QED) is 0.790. The molecule has 1 aliphatic heterocycles. The van der Waals surface area contributed by atoms with Crippen molar-refractivity contribution in [3.63, 3.8) is 0 Å². The molecule has 1 amide bonds. The molecule has 1 saturated heterocycles. The minimum Gasteiger partial charge on any atom is -0.377 e. The van der Waals surface area contributed by atoms with Crippen LogP contribution in [0.5, 0.6) is 0 Å². The fourth-order valence-corrected chi connectivity index (χ4v) is 2.41.